The number of aromatic nitrogens is 1. The van der Waals surface area contributed by atoms with E-state index in [-0.39, 0.29) is 24.8 Å². The highest BCUT2D eigenvalue weighted by molar-refractivity contribution is 5.51. The van der Waals surface area contributed by atoms with E-state index in [1.807, 2.05) is 6.92 Å². The van der Waals surface area contributed by atoms with Gasteiger partial charge in [0, 0.05) is 19.6 Å². The Morgan fingerprint density at radius 3 is 2.48 bits per heavy atom. The van der Waals surface area contributed by atoms with Crippen molar-refractivity contribution in [3.8, 4) is 0 Å². The van der Waals surface area contributed by atoms with Crippen molar-refractivity contribution in [3.05, 3.63) is 17.7 Å². The van der Waals surface area contributed by atoms with Crippen LogP contribution in [0, 0.1) is 0 Å². The molecule has 0 bridgehead atoms. The molecule has 0 amide bonds. The number of hydrogen-bond donors (Lipinski definition) is 2. The molecule has 0 unspecified atom stereocenters. The highest BCUT2D eigenvalue weighted by Crippen LogP contribution is 2.33. The Hall–Kier alpha value is -1.50. The zero-order chi connectivity index (χ0) is 15.9. The van der Waals surface area contributed by atoms with Crippen LogP contribution in [0.15, 0.2) is 12.1 Å². The van der Waals surface area contributed by atoms with Crippen LogP contribution in [0.3, 0.4) is 0 Å². The number of anilines is 2. The van der Waals surface area contributed by atoms with Crippen LogP contribution in [-0.2, 0) is 6.18 Å². The number of nitrogens with one attached hydrogen (secondary N) is 1. The van der Waals surface area contributed by atoms with Crippen molar-refractivity contribution in [1.82, 2.24) is 4.98 Å². The van der Waals surface area contributed by atoms with Crippen LogP contribution >= 0.6 is 0 Å². The Balaban J connectivity index is 3.14. The van der Waals surface area contributed by atoms with Crippen molar-refractivity contribution in [2.75, 3.05) is 36.5 Å². The minimum absolute atomic E-state index is 0.127. The molecule has 0 saturated carbocycles. The molecule has 1 heterocycles. The van der Waals surface area contributed by atoms with E-state index in [1.54, 1.807) is 11.8 Å². The van der Waals surface area contributed by atoms with Crippen LogP contribution < -0.4 is 10.2 Å². The fourth-order valence-corrected chi connectivity index (χ4v) is 1.92. The molecule has 7 heteroatoms. The molecule has 2 N–H and O–H groups in total. The normalized spacial score (nSPS) is 11.5. The van der Waals surface area contributed by atoms with Gasteiger partial charge in [-0.1, -0.05) is 13.3 Å². The van der Waals surface area contributed by atoms with E-state index < -0.39 is 11.7 Å². The Bertz CT molecular complexity index is 438. The topological polar surface area (TPSA) is 48.4 Å². The lowest BCUT2D eigenvalue weighted by molar-refractivity contribution is -0.137. The first-order valence-electron chi connectivity index (χ1n) is 7.11. The first kappa shape index (κ1) is 17.6. The fraction of sp³-hybridized carbons (Fsp3) is 0.643. The monoisotopic (exact) mass is 305 g/mol. The van der Waals surface area contributed by atoms with Gasteiger partial charge in [0.2, 0.25) is 0 Å². The molecular formula is C14H22F3N3O. The molecule has 1 aromatic rings. The number of pyridine rings is 1. The number of unbranched alkanes of at least 4 members (excludes halogenated alkanes) is 1. The molecule has 0 aromatic carbocycles. The third-order valence-electron chi connectivity index (χ3n) is 2.97. The number of halogens is 3. The van der Waals surface area contributed by atoms with E-state index in [4.69, 9.17) is 5.11 Å². The zero-order valence-corrected chi connectivity index (χ0v) is 12.4. The van der Waals surface area contributed by atoms with E-state index >= 15 is 0 Å². The Labute approximate surface area is 123 Å². The average Bonchev–Trinajstić information content (AvgIpc) is 2.42. The molecule has 0 fully saturated rings. The van der Waals surface area contributed by atoms with Gasteiger partial charge in [-0.25, -0.2) is 4.98 Å². The second kappa shape index (κ2) is 8.07. The summed E-state index contributed by atoms with van der Waals surface area (Å²) in [6.07, 6.45) is -2.67. The second-order valence-electron chi connectivity index (χ2n) is 4.69. The minimum Gasteiger partial charge on any atom is -0.395 e. The molecule has 0 aliphatic rings. The summed E-state index contributed by atoms with van der Waals surface area (Å²) in [5.41, 5.74) is -0.733. The summed E-state index contributed by atoms with van der Waals surface area (Å²) < 4.78 is 38.9. The maximum atomic E-state index is 13.0. The van der Waals surface area contributed by atoms with Crippen LogP contribution in [0.2, 0.25) is 0 Å². The van der Waals surface area contributed by atoms with Gasteiger partial charge in [-0.05, 0) is 25.5 Å². The number of aliphatic hydroxyl groups is 1. The lowest BCUT2D eigenvalue weighted by Crippen LogP contribution is -2.29. The van der Waals surface area contributed by atoms with Gasteiger partial charge in [0.15, 0.2) is 0 Å². The largest absolute Gasteiger partial charge is 0.416 e. The highest BCUT2D eigenvalue weighted by Gasteiger charge is 2.32. The van der Waals surface area contributed by atoms with Crippen molar-refractivity contribution >= 4 is 11.6 Å². The van der Waals surface area contributed by atoms with Crippen LogP contribution in [0.1, 0.15) is 32.3 Å². The molecule has 0 atom stereocenters. The van der Waals surface area contributed by atoms with Gasteiger partial charge in [-0.2, -0.15) is 13.2 Å². The van der Waals surface area contributed by atoms with Crippen LogP contribution in [-0.4, -0.2) is 36.3 Å². The van der Waals surface area contributed by atoms with Gasteiger partial charge in [0.1, 0.15) is 11.6 Å². The summed E-state index contributed by atoms with van der Waals surface area (Å²) >= 11 is 0. The molecule has 4 nitrogen and oxygen atoms in total. The van der Waals surface area contributed by atoms with Crippen molar-refractivity contribution in [2.45, 2.75) is 32.9 Å². The molecule has 0 aliphatic carbocycles. The van der Waals surface area contributed by atoms with Crippen molar-refractivity contribution in [1.29, 1.82) is 0 Å². The quantitative estimate of drug-likeness (QED) is 0.775. The van der Waals surface area contributed by atoms with E-state index in [0.29, 0.717) is 13.1 Å². The maximum absolute atomic E-state index is 13.0. The van der Waals surface area contributed by atoms with Crippen LogP contribution in [0.25, 0.3) is 0 Å². The summed E-state index contributed by atoms with van der Waals surface area (Å²) in [6.45, 7) is 4.99. The predicted octanol–water partition coefficient (Wildman–Crippen LogP) is 3.13. The predicted molar refractivity (Wildman–Crippen MR) is 77.6 cm³/mol. The molecule has 21 heavy (non-hydrogen) atoms. The number of nitrogens with zero attached hydrogens (tertiary/aromatic N) is 2. The second-order valence-corrected chi connectivity index (χ2v) is 4.69. The molecule has 120 valence electrons. The summed E-state index contributed by atoms with van der Waals surface area (Å²) in [5, 5.41) is 11.9. The molecular weight excluding hydrogens is 283 g/mol. The third kappa shape index (κ3) is 5.41. The standard InChI is InChI=1S/C14H22F3N3O/c1-3-5-6-20(7-8-21)13-10-11(14(15,16)17)9-12(19-13)18-4-2/h9-10,21H,3-8H2,1-2H3,(H,18,19). The molecule has 1 aromatic heterocycles. The molecule has 0 aliphatic heterocycles. The first-order valence-corrected chi connectivity index (χ1v) is 7.11. The average molecular weight is 305 g/mol. The van der Waals surface area contributed by atoms with Gasteiger partial charge in [0.05, 0.1) is 12.2 Å². The van der Waals surface area contributed by atoms with Gasteiger partial charge >= 0.3 is 6.18 Å². The van der Waals surface area contributed by atoms with Gasteiger partial charge in [-0.15, -0.1) is 0 Å². The Kier molecular flexibility index (Phi) is 6.74. The zero-order valence-electron chi connectivity index (χ0n) is 12.4. The Morgan fingerprint density at radius 1 is 1.24 bits per heavy atom. The molecule has 0 saturated heterocycles. The number of rotatable bonds is 8. The first-order chi connectivity index (χ1) is 9.92. The van der Waals surface area contributed by atoms with E-state index in [0.717, 1.165) is 25.0 Å². The molecule has 0 radical (unpaired) electrons. The number of alkyl halides is 3. The summed E-state index contributed by atoms with van der Waals surface area (Å²) in [5.74, 6) is 0.435. The van der Waals surface area contributed by atoms with Crippen molar-refractivity contribution < 1.29 is 18.3 Å². The van der Waals surface area contributed by atoms with Crippen molar-refractivity contribution in [2.24, 2.45) is 0 Å². The van der Waals surface area contributed by atoms with Crippen molar-refractivity contribution in [3.63, 3.8) is 0 Å². The summed E-state index contributed by atoms with van der Waals surface area (Å²) in [4.78, 5) is 5.89. The van der Waals surface area contributed by atoms with E-state index in [1.165, 1.54) is 0 Å². The SMILES string of the molecule is CCCCN(CCO)c1cc(C(F)(F)F)cc(NCC)n1. The minimum atomic E-state index is -4.42. The van der Waals surface area contributed by atoms with Gasteiger partial charge < -0.3 is 15.3 Å². The summed E-state index contributed by atoms with van der Waals surface area (Å²) in [6, 6.07) is 2.04. The molecule has 1 rings (SSSR count). The number of hydrogen-bond acceptors (Lipinski definition) is 4. The van der Waals surface area contributed by atoms with Gasteiger partial charge in [-0.3, -0.25) is 0 Å². The smallest absolute Gasteiger partial charge is 0.395 e. The van der Waals surface area contributed by atoms with Crippen LogP contribution in [0.4, 0.5) is 24.8 Å². The maximum Gasteiger partial charge on any atom is 0.416 e. The summed E-state index contributed by atoms with van der Waals surface area (Å²) in [7, 11) is 0. The van der Waals surface area contributed by atoms with Gasteiger partial charge in [0.25, 0.3) is 0 Å². The lowest BCUT2D eigenvalue weighted by atomic mass is 10.2. The Morgan fingerprint density at radius 2 is 1.95 bits per heavy atom. The fourth-order valence-electron chi connectivity index (χ4n) is 1.92. The highest BCUT2D eigenvalue weighted by atomic mass is 19.4. The lowest BCUT2D eigenvalue weighted by Gasteiger charge is -2.24. The van der Waals surface area contributed by atoms with E-state index in [2.05, 4.69) is 10.3 Å². The molecule has 0 spiro atoms. The van der Waals surface area contributed by atoms with E-state index in [9.17, 15) is 13.2 Å². The third-order valence-corrected chi connectivity index (χ3v) is 2.97. The number of aliphatic hydroxyl groups excluding tert-OH is 1. The van der Waals surface area contributed by atoms with Crippen LogP contribution in [0.5, 0.6) is 0 Å².